The van der Waals surface area contributed by atoms with Crippen molar-refractivity contribution >= 4 is 35.2 Å². The van der Waals surface area contributed by atoms with Gasteiger partial charge in [0.25, 0.3) is 0 Å². The van der Waals surface area contributed by atoms with Gasteiger partial charge in [0, 0.05) is 41.1 Å². The third-order valence-corrected chi connectivity index (χ3v) is 7.90. The van der Waals surface area contributed by atoms with Crippen LogP contribution in [0, 0.1) is 5.82 Å². The minimum absolute atomic E-state index is 0.103. The van der Waals surface area contributed by atoms with Crippen LogP contribution in [0.15, 0.2) is 83.8 Å². The molecule has 7 heteroatoms. The van der Waals surface area contributed by atoms with E-state index in [9.17, 15) is 14.0 Å². The fraction of sp³-hybridized carbons (Fsp3) is 0.333. The number of nitrogens with one attached hydrogen (secondary N) is 1. The zero-order chi connectivity index (χ0) is 26.0. The van der Waals surface area contributed by atoms with E-state index in [1.807, 2.05) is 54.6 Å². The van der Waals surface area contributed by atoms with E-state index < -0.39 is 6.04 Å². The second kappa shape index (κ2) is 13.6. The van der Waals surface area contributed by atoms with E-state index in [1.165, 1.54) is 12.1 Å². The van der Waals surface area contributed by atoms with Crippen molar-refractivity contribution in [3.8, 4) is 0 Å². The molecule has 1 aliphatic carbocycles. The maximum atomic E-state index is 13.7. The molecule has 0 radical (unpaired) electrons. The van der Waals surface area contributed by atoms with Crippen LogP contribution in [0.25, 0.3) is 0 Å². The SMILES string of the molecule is O=C(NC1CCCC1)[C@H](Cc1ccccc1)N(Cc1ccc(F)cc1)C(=O)CCSc1ccc(Cl)cc1. The minimum atomic E-state index is -0.666. The molecule has 3 aromatic rings. The Bertz CT molecular complexity index is 1150. The Labute approximate surface area is 227 Å². The lowest BCUT2D eigenvalue weighted by Crippen LogP contribution is -2.52. The Kier molecular flexibility index (Phi) is 10.0. The number of hydrogen-bond acceptors (Lipinski definition) is 3. The number of nitrogens with zero attached hydrogens (tertiary/aromatic N) is 1. The summed E-state index contributed by atoms with van der Waals surface area (Å²) in [7, 11) is 0. The second-order valence-corrected chi connectivity index (χ2v) is 11.0. The normalized spacial score (nSPS) is 14.3. The first-order valence-corrected chi connectivity index (χ1v) is 14.1. The first-order valence-electron chi connectivity index (χ1n) is 12.7. The van der Waals surface area contributed by atoms with Gasteiger partial charge in [-0.25, -0.2) is 4.39 Å². The fourth-order valence-corrected chi connectivity index (χ4v) is 5.61. The van der Waals surface area contributed by atoms with Gasteiger partial charge in [-0.15, -0.1) is 11.8 Å². The Morgan fingerprint density at radius 1 is 0.946 bits per heavy atom. The Morgan fingerprint density at radius 2 is 1.62 bits per heavy atom. The highest BCUT2D eigenvalue weighted by molar-refractivity contribution is 7.99. The molecule has 1 aliphatic rings. The summed E-state index contributed by atoms with van der Waals surface area (Å²) in [6.07, 6.45) is 4.83. The van der Waals surface area contributed by atoms with Crippen LogP contribution in [0.2, 0.25) is 5.02 Å². The van der Waals surface area contributed by atoms with Crippen LogP contribution >= 0.6 is 23.4 Å². The predicted molar refractivity (Wildman–Crippen MR) is 148 cm³/mol. The smallest absolute Gasteiger partial charge is 0.243 e. The van der Waals surface area contributed by atoms with Gasteiger partial charge in [-0.2, -0.15) is 0 Å². The van der Waals surface area contributed by atoms with Crippen LogP contribution < -0.4 is 5.32 Å². The van der Waals surface area contributed by atoms with Gasteiger partial charge in [-0.3, -0.25) is 9.59 Å². The topological polar surface area (TPSA) is 49.4 Å². The van der Waals surface area contributed by atoms with Gasteiger partial charge in [0.05, 0.1) is 0 Å². The predicted octanol–water partition coefficient (Wildman–Crippen LogP) is 6.66. The first kappa shape index (κ1) is 27.2. The van der Waals surface area contributed by atoms with E-state index in [0.717, 1.165) is 41.7 Å². The summed E-state index contributed by atoms with van der Waals surface area (Å²) >= 11 is 7.56. The molecule has 3 aromatic carbocycles. The molecule has 0 heterocycles. The third-order valence-electron chi connectivity index (χ3n) is 6.64. The van der Waals surface area contributed by atoms with Crippen molar-refractivity contribution in [1.29, 1.82) is 0 Å². The van der Waals surface area contributed by atoms with Crippen molar-refractivity contribution in [3.63, 3.8) is 0 Å². The van der Waals surface area contributed by atoms with Crippen LogP contribution in [-0.4, -0.2) is 34.6 Å². The molecule has 37 heavy (non-hydrogen) atoms. The number of rotatable bonds is 11. The number of benzene rings is 3. The van der Waals surface area contributed by atoms with Crippen molar-refractivity contribution < 1.29 is 14.0 Å². The lowest BCUT2D eigenvalue weighted by atomic mass is 10.0. The summed E-state index contributed by atoms with van der Waals surface area (Å²) in [4.78, 5) is 30.0. The van der Waals surface area contributed by atoms with Crippen LogP contribution in [0.5, 0.6) is 0 Å². The van der Waals surface area contributed by atoms with E-state index in [2.05, 4.69) is 5.32 Å². The molecule has 1 N–H and O–H groups in total. The fourth-order valence-electron chi connectivity index (χ4n) is 4.64. The standard InChI is InChI=1S/C30H32ClFN2O2S/c31-24-12-16-27(17-13-24)37-19-18-29(35)34(21-23-10-14-25(32)15-11-23)28(20-22-6-2-1-3-7-22)30(36)33-26-8-4-5-9-26/h1-3,6-7,10-17,26,28H,4-5,8-9,18-21H2,(H,33,36)/t28-/m0/s1. The Balaban J connectivity index is 1.55. The Hall–Kier alpha value is -2.83. The second-order valence-electron chi connectivity index (χ2n) is 9.40. The molecule has 1 fully saturated rings. The highest BCUT2D eigenvalue weighted by atomic mass is 35.5. The van der Waals surface area contributed by atoms with Crippen LogP contribution in [-0.2, 0) is 22.6 Å². The molecule has 4 nitrogen and oxygen atoms in total. The highest BCUT2D eigenvalue weighted by Crippen LogP contribution is 2.23. The highest BCUT2D eigenvalue weighted by Gasteiger charge is 2.32. The molecule has 0 aromatic heterocycles. The van der Waals surface area contributed by atoms with E-state index >= 15 is 0 Å². The van der Waals surface area contributed by atoms with Crippen LogP contribution in [0.4, 0.5) is 4.39 Å². The van der Waals surface area contributed by atoms with E-state index in [-0.39, 0.29) is 36.6 Å². The van der Waals surface area contributed by atoms with Gasteiger partial charge >= 0.3 is 0 Å². The number of carbonyl (C=O) groups excluding carboxylic acids is 2. The number of hydrogen-bond donors (Lipinski definition) is 1. The van der Waals surface area contributed by atoms with Gasteiger partial charge in [-0.05, 0) is 60.4 Å². The lowest BCUT2D eigenvalue weighted by molar-refractivity contribution is -0.141. The van der Waals surface area contributed by atoms with Crippen molar-refractivity contribution in [2.45, 2.75) is 62.0 Å². The van der Waals surface area contributed by atoms with Gasteiger partial charge in [0.15, 0.2) is 0 Å². The molecule has 4 rings (SSSR count). The lowest BCUT2D eigenvalue weighted by Gasteiger charge is -2.32. The van der Waals surface area contributed by atoms with Gasteiger partial charge in [0.2, 0.25) is 11.8 Å². The molecule has 194 valence electrons. The van der Waals surface area contributed by atoms with Crippen molar-refractivity contribution in [1.82, 2.24) is 10.2 Å². The molecule has 0 spiro atoms. The first-order chi connectivity index (χ1) is 18.0. The van der Waals surface area contributed by atoms with E-state index in [4.69, 9.17) is 11.6 Å². The molecular formula is C30H32ClFN2O2S. The number of amides is 2. The maximum Gasteiger partial charge on any atom is 0.243 e. The largest absolute Gasteiger partial charge is 0.352 e. The third kappa shape index (κ3) is 8.34. The molecule has 1 saturated carbocycles. The van der Waals surface area contributed by atoms with Crippen LogP contribution in [0.3, 0.4) is 0 Å². The molecule has 0 aliphatic heterocycles. The minimum Gasteiger partial charge on any atom is -0.352 e. The summed E-state index contributed by atoms with van der Waals surface area (Å²) in [6, 6.07) is 22.9. The van der Waals surface area contributed by atoms with Crippen LogP contribution in [0.1, 0.15) is 43.2 Å². The van der Waals surface area contributed by atoms with E-state index in [1.54, 1.807) is 28.8 Å². The zero-order valence-corrected chi connectivity index (χ0v) is 22.3. The quantitative estimate of drug-likeness (QED) is 0.278. The number of carbonyl (C=O) groups is 2. The summed E-state index contributed by atoms with van der Waals surface area (Å²) < 4.78 is 13.6. The van der Waals surface area contributed by atoms with Crippen molar-refractivity contribution in [2.75, 3.05) is 5.75 Å². The molecule has 0 bridgehead atoms. The van der Waals surface area contributed by atoms with Gasteiger partial charge < -0.3 is 10.2 Å². The van der Waals surface area contributed by atoms with Gasteiger partial charge in [-0.1, -0.05) is 66.9 Å². The zero-order valence-electron chi connectivity index (χ0n) is 20.7. The average Bonchev–Trinajstić information content (AvgIpc) is 3.42. The molecular weight excluding hydrogens is 507 g/mol. The van der Waals surface area contributed by atoms with E-state index in [0.29, 0.717) is 17.2 Å². The van der Waals surface area contributed by atoms with Crippen molar-refractivity contribution in [3.05, 3.63) is 101 Å². The number of halogens is 2. The summed E-state index contributed by atoms with van der Waals surface area (Å²) in [5, 5.41) is 3.88. The molecule has 0 saturated heterocycles. The molecule has 2 amide bonds. The maximum absolute atomic E-state index is 13.7. The molecule has 1 atom stereocenters. The molecule has 0 unspecified atom stereocenters. The van der Waals surface area contributed by atoms with Gasteiger partial charge in [0.1, 0.15) is 11.9 Å². The summed E-state index contributed by atoms with van der Waals surface area (Å²) in [5.74, 6) is 0.00791. The Morgan fingerprint density at radius 3 is 2.30 bits per heavy atom. The monoisotopic (exact) mass is 538 g/mol. The average molecular weight is 539 g/mol. The summed E-state index contributed by atoms with van der Waals surface area (Å²) in [6.45, 7) is 0.236. The van der Waals surface area contributed by atoms with Crippen molar-refractivity contribution in [2.24, 2.45) is 0 Å². The number of thioether (sulfide) groups is 1. The summed E-state index contributed by atoms with van der Waals surface area (Å²) in [5.41, 5.74) is 1.77.